The van der Waals surface area contributed by atoms with Crippen molar-refractivity contribution in [3.63, 3.8) is 0 Å². The maximum absolute atomic E-state index is 11.4. The Balaban J connectivity index is 2.07. The number of carbonyl (C=O) groups is 1. The van der Waals surface area contributed by atoms with Gasteiger partial charge >= 0.3 is 5.97 Å². The SMILES string of the molecule is C=C(N=C(c1ccc([N+](=O)[O-])cc1C)N(CCC(=O)O)CCc1ccccc1)c1cccc(Br)c1. The zero-order valence-electron chi connectivity index (χ0n) is 19.4. The molecule has 0 atom stereocenters. The van der Waals surface area contributed by atoms with Gasteiger partial charge in [-0.05, 0) is 42.7 Å². The lowest BCUT2D eigenvalue weighted by atomic mass is 10.0. The molecule has 7 nitrogen and oxygen atoms in total. The minimum Gasteiger partial charge on any atom is -0.481 e. The molecule has 0 saturated carbocycles. The fraction of sp³-hybridized carbons (Fsp3) is 0.185. The molecule has 0 aliphatic rings. The van der Waals surface area contributed by atoms with E-state index in [1.54, 1.807) is 13.0 Å². The predicted molar refractivity (Wildman–Crippen MR) is 142 cm³/mol. The molecule has 0 amide bonds. The Kier molecular flexibility index (Phi) is 8.92. The number of carboxylic acids is 1. The molecule has 0 aliphatic heterocycles. The smallest absolute Gasteiger partial charge is 0.305 e. The average molecular weight is 536 g/mol. The number of halogens is 1. The van der Waals surface area contributed by atoms with Crippen molar-refractivity contribution in [1.82, 2.24) is 4.90 Å². The molecule has 0 unspecified atom stereocenters. The number of carboxylic acid groups (broad SMARTS) is 1. The number of amidine groups is 1. The van der Waals surface area contributed by atoms with Crippen molar-refractivity contribution in [3.05, 3.63) is 116 Å². The average Bonchev–Trinajstić information content (AvgIpc) is 2.83. The van der Waals surface area contributed by atoms with Gasteiger partial charge in [0.05, 0.1) is 17.0 Å². The van der Waals surface area contributed by atoms with Crippen molar-refractivity contribution in [2.75, 3.05) is 13.1 Å². The van der Waals surface area contributed by atoms with Crippen LogP contribution in [0.2, 0.25) is 0 Å². The summed E-state index contributed by atoms with van der Waals surface area (Å²) >= 11 is 3.47. The van der Waals surface area contributed by atoms with Crippen LogP contribution in [0.4, 0.5) is 5.69 Å². The monoisotopic (exact) mass is 535 g/mol. The van der Waals surface area contributed by atoms with Gasteiger partial charge in [-0.25, -0.2) is 4.99 Å². The lowest BCUT2D eigenvalue weighted by Crippen LogP contribution is -2.36. The number of nitro benzene ring substituents is 1. The van der Waals surface area contributed by atoms with E-state index in [0.29, 0.717) is 35.6 Å². The van der Waals surface area contributed by atoms with Crippen LogP contribution in [0.1, 0.15) is 28.7 Å². The van der Waals surface area contributed by atoms with Gasteiger partial charge in [-0.1, -0.05) is 65.0 Å². The highest BCUT2D eigenvalue weighted by Gasteiger charge is 2.20. The first-order valence-electron chi connectivity index (χ1n) is 11.0. The Labute approximate surface area is 212 Å². The quantitative estimate of drug-likeness (QED) is 0.146. The van der Waals surface area contributed by atoms with Gasteiger partial charge in [0.25, 0.3) is 5.69 Å². The van der Waals surface area contributed by atoms with E-state index >= 15 is 0 Å². The maximum atomic E-state index is 11.4. The van der Waals surface area contributed by atoms with Crippen LogP contribution in [0.15, 0.2) is 88.8 Å². The molecule has 0 aromatic heterocycles. The summed E-state index contributed by atoms with van der Waals surface area (Å²) in [7, 11) is 0. The summed E-state index contributed by atoms with van der Waals surface area (Å²) in [6.45, 7) is 6.66. The normalized spacial score (nSPS) is 11.2. The van der Waals surface area contributed by atoms with Crippen molar-refractivity contribution in [2.45, 2.75) is 19.8 Å². The molecular formula is C27H26BrN3O4. The van der Waals surface area contributed by atoms with Gasteiger partial charge in [0.2, 0.25) is 0 Å². The fourth-order valence-corrected chi connectivity index (χ4v) is 4.04. The molecule has 0 bridgehead atoms. The highest BCUT2D eigenvalue weighted by Crippen LogP contribution is 2.24. The van der Waals surface area contributed by atoms with Crippen LogP contribution in [0, 0.1) is 17.0 Å². The molecule has 0 saturated heterocycles. The highest BCUT2D eigenvalue weighted by atomic mass is 79.9. The Bertz CT molecular complexity index is 1260. The van der Waals surface area contributed by atoms with Gasteiger partial charge in [-0.3, -0.25) is 14.9 Å². The van der Waals surface area contributed by atoms with Gasteiger partial charge in [0, 0.05) is 40.8 Å². The largest absolute Gasteiger partial charge is 0.481 e. The summed E-state index contributed by atoms with van der Waals surface area (Å²) in [5.41, 5.74) is 3.75. The number of aliphatic imine (C=N–C) groups is 1. The van der Waals surface area contributed by atoms with Crippen LogP contribution in [0.5, 0.6) is 0 Å². The van der Waals surface area contributed by atoms with Crippen molar-refractivity contribution in [2.24, 2.45) is 4.99 Å². The van der Waals surface area contributed by atoms with Crippen LogP contribution >= 0.6 is 15.9 Å². The van der Waals surface area contributed by atoms with Gasteiger partial charge in [-0.15, -0.1) is 0 Å². The highest BCUT2D eigenvalue weighted by molar-refractivity contribution is 9.10. The Morgan fingerprint density at radius 3 is 2.46 bits per heavy atom. The summed E-state index contributed by atoms with van der Waals surface area (Å²) in [4.78, 5) is 29.0. The molecular weight excluding hydrogens is 510 g/mol. The lowest BCUT2D eigenvalue weighted by molar-refractivity contribution is -0.384. The van der Waals surface area contributed by atoms with E-state index in [0.717, 1.165) is 15.6 Å². The molecule has 0 aliphatic carbocycles. The van der Waals surface area contributed by atoms with E-state index in [2.05, 4.69) is 22.5 Å². The first-order valence-corrected chi connectivity index (χ1v) is 11.8. The molecule has 1 N–H and O–H groups in total. The van der Waals surface area contributed by atoms with E-state index in [-0.39, 0.29) is 18.7 Å². The van der Waals surface area contributed by atoms with Gasteiger partial charge in [0.1, 0.15) is 5.84 Å². The second kappa shape index (κ2) is 12.1. The molecule has 0 radical (unpaired) electrons. The van der Waals surface area contributed by atoms with Crippen molar-refractivity contribution >= 4 is 39.1 Å². The number of non-ortho nitro benzene ring substituents is 1. The number of rotatable bonds is 10. The summed E-state index contributed by atoms with van der Waals surface area (Å²) in [5, 5.41) is 20.7. The molecule has 3 aromatic rings. The fourth-order valence-electron chi connectivity index (χ4n) is 3.64. The molecule has 3 rings (SSSR count). The number of aliphatic carboxylic acids is 1. The van der Waals surface area contributed by atoms with Crippen LogP contribution in [0.25, 0.3) is 5.70 Å². The summed E-state index contributed by atoms with van der Waals surface area (Å²) in [5.74, 6) is -0.389. The number of benzene rings is 3. The first kappa shape index (κ1) is 25.8. The zero-order valence-corrected chi connectivity index (χ0v) is 20.9. The van der Waals surface area contributed by atoms with Gasteiger partial charge in [-0.2, -0.15) is 0 Å². The molecule has 0 spiro atoms. The first-order chi connectivity index (χ1) is 16.7. The van der Waals surface area contributed by atoms with Crippen molar-refractivity contribution in [3.8, 4) is 0 Å². The minimum absolute atomic E-state index is 0.0159. The Hall–Kier alpha value is -3.78. The second-order valence-corrected chi connectivity index (χ2v) is 8.93. The Morgan fingerprint density at radius 1 is 1.09 bits per heavy atom. The lowest BCUT2D eigenvalue weighted by Gasteiger charge is -2.27. The number of nitro groups is 1. The van der Waals surface area contributed by atoms with Crippen molar-refractivity contribution < 1.29 is 14.8 Å². The van der Waals surface area contributed by atoms with Crippen molar-refractivity contribution in [1.29, 1.82) is 0 Å². The summed E-state index contributed by atoms with van der Waals surface area (Å²) < 4.78 is 0.881. The number of nitrogens with zero attached hydrogens (tertiary/aromatic N) is 3. The topological polar surface area (TPSA) is 96.0 Å². The van der Waals surface area contributed by atoms with Gasteiger partial charge < -0.3 is 10.0 Å². The second-order valence-electron chi connectivity index (χ2n) is 8.02. The van der Waals surface area contributed by atoms with E-state index < -0.39 is 10.9 Å². The summed E-state index contributed by atoms with van der Waals surface area (Å²) in [6.07, 6.45) is 0.595. The third-order valence-corrected chi connectivity index (χ3v) is 5.96. The molecule has 0 heterocycles. The standard InChI is InChI=1S/C27H26BrN3O4/c1-19-17-24(31(34)35)11-12-25(19)27(29-20(2)22-9-6-10-23(28)18-22)30(16-14-26(32)33)15-13-21-7-4-3-5-8-21/h3-12,17-18H,2,13-16H2,1H3,(H,32,33). The van der Waals surface area contributed by atoms with E-state index in [1.807, 2.05) is 59.5 Å². The maximum Gasteiger partial charge on any atom is 0.305 e. The third kappa shape index (κ3) is 7.35. The van der Waals surface area contributed by atoms with E-state index in [1.165, 1.54) is 12.1 Å². The predicted octanol–water partition coefficient (Wildman–Crippen LogP) is 6.10. The number of hydrogen-bond donors (Lipinski definition) is 1. The molecule has 0 fully saturated rings. The molecule has 3 aromatic carbocycles. The Morgan fingerprint density at radius 2 is 1.83 bits per heavy atom. The summed E-state index contributed by atoms with van der Waals surface area (Å²) in [6, 6.07) is 22.1. The number of aryl methyl sites for hydroxylation is 1. The van der Waals surface area contributed by atoms with Crippen LogP contribution in [-0.4, -0.2) is 39.8 Å². The molecule has 180 valence electrons. The third-order valence-electron chi connectivity index (χ3n) is 5.47. The van der Waals surface area contributed by atoms with Gasteiger partial charge in [0.15, 0.2) is 0 Å². The van der Waals surface area contributed by atoms with Crippen LogP contribution < -0.4 is 0 Å². The van der Waals surface area contributed by atoms with E-state index in [9.17, 15) is 20.0 Å². The minimum atomic E-state index is -0.916. The van der Waals surface area contributed by atoms with Crippen LogP contribution in [0.3, 0.4) is 0 Å². The number of hydrogen-bond acceptors (Lipinski definition) is 4. The van der Waals surface area contributed by atoms with E-state index in [4.69, 9.17) is 4.99 Å². The molecule has 35 heavy (non-hydrogen) atoms. The van der Waals surface area contributed by atoms with Crippen LogP contribution in [-0.2, 0) is 11.2 Å². The molecule has 8 heteroatoms. The zero-order chi connectivity index (χ0) is 25.4.